The van der Waals surface area contributed by atoms with Crippen LogP contribution in [-0.2, 0) is 9.84 Å². The van der Waals surface area contributed by atoms with Gasteiger partial charge in [-0.3, -0.25) is 0 Å². The van der Waals surface area contributed by atoms with Gasteiger partial charge in [-0.2, -0.15) is 0 Å². The summed E-state index contributed by atoms with van der Waals surface area (Å²) in [5.74, 6) is 0.100. The predicted octanol–water partition coefficient (Wildman–Crippen LogP) is 0.253. The molecule has 0 saturated carbocycles. The van der Waals surface area contributed by atoms with Gasteiger partial charge in [0, 0.05) is 6.26 Å². The van der Waals surface area contributed by atoms with Crippen molar-refractivity contribution in [3.05, 3.63) is 30.6 Å². The lowest BCUT2D eigenvalue weighted by Crippen LogP contribution is -2.05. The average Bonchev–Trinajstić information content (AvgIpc) is 2.64. The smallest absolute Gasteiger partial charge is 0.239 e. The van der Waals surface area contributed by atoms with Crippen molar-refractivity contribution in [1.29, 1.82) is 0 Å². The molecule has 1 aromatic carbocycles. The number of anilines is 1. The van der Waals surface area contributed by atoms with E-state index >= 15 is 0 Å². The first-order chi connectivity index (χ1) is 7.48. The maximum Gasteiger partial charge on any atom is 0.239 e. The fraction of sp³-hybridized carbons (Fsp3) is 0.111. The van der Waals surface area contributed by atoms with E-state index in [0.29, 0.717) is 5.69 Å². The van der Waals surface area contributed by atoms with E-state index in [9.17, 15) is 8.42 Å². The largest absolute Gasteiger partial charge is 0.366 e. The number of nitrogen functional groups attached to an aromatic ring is 1. The second-order valence-electron chi connectivity index (χ2n) is 3.29. The summed E-state index contributed by atoms with van der Waals surface area (Å²) in [6.45, 7) is 0. The molecule has 1 heterocycles. The quantitative estimate of drug-likeness (QED) is 0.810. The first-order valence-electron chi connectivity index (χ1n) is 4.45. The number of nitrogens with zero attached hydrogens (tertiary/aromatic N) is 3. The first-order valence-corrected chi connectivity index (χ1v) is 6.34. The average molecular weight is 238 g/mol. The highest BCUT2D eigenvalue weighted by molar-refractivity contribution is 7.90. The van der Waals surface area contributed by atoms with Crippen molar-refractivity contribution in [3.63, 3.8) is 0 Å². The van der Waals surface area contributed by atoms with Crippen LogP contribution in [0.3, 0.4) is 0 Å². The summed E-state index contributed by atoms with van der Waals surface area (Å²) in [5, 5.41) is 3.87. The van der Waals surface area contributed by atoms with Crippen molar-refractivity contribution in [2.24, 2.45) is 0 Å². The van der Waals surface area contributed by atoms with Gasteiger partial charge in [-0.1, -0.05) is 12.1 Å². The Bertz CT molecular complexity index is 618. The Balaban J connectivity index is 2.66. The van der Waals surface area contributed by atoms with Gasteiger partial charge < -0.3 is 5.73 Å². The normalized spacial score (nSPS) is 11.6. The molecule has 0 bridgehead atoms. The lowest BCUT2D eigenvalue weighted by atomic mass is 10.3. The third-order valence-corrected chi connectivity index (χ3v) is 3.17. The number of sulfone groups is 1. The number of para-hydroxylation sites is 1. The summed E-state index contributed by atoms with van der Waals surface area (Å²) in [4.78, 5) is 3.95. The van der Waals surface area contributed by atoms with Crippen LogP contribution in [0.2, 0.25) is 0 Å². The van der Waals surface area contributed by atoms with E-state index in [0.717, 1.165) is 6.26 Å². The summed E-state index contributed by atoms with van der Waals surface area (Å²) in [7, 11) is -3.30. The van der Waals surface area contributed by atoms with Crippen LogP contribution in [0.25, 0.3) is 5.69 Å². The van der Waals surface area contributed by atoms with Crippen molar-refractivity contribution in [2.45, 2.75) is 4.90 Å². The van der Waals surface area contributed by atoms with Crippen molar-refractivity contribution in [3.8, 4) is 5.69 Å². The minimum Gasteiger partial charge on any atom is -0.366 e. The van der Waals surface area contributed by atoms with E-state index in [1.54, 1.807) is 18.2 Å². The van der Waals surface area contributed by atoms with Gasteiger partial charge in [0.15, 0.2) is 9.84 Å². The molecular weight excluding hydrogens is 228 g/mol. The molecule has 2 aromatic rings. The molecule has 2 N–H and O–H groups in total. The maximum absolute atomic E-state index is 11.5. The minimum atomic E-state index is -3.30. The van der Waals surface area contributed by atoms with Gasteiger partial charge in [-0.05, 0) is 12.1 Å². The van der Waals surface area contributed by atoms with E-state index in [2.05, 4.69) is 10.1 Å². The molecule has 0 atom stereocenters. The van der Waals surface area contributed by atoms with E-state index < -0.39 is 9.84 Å². The van der Waals surface area contributed by atoms with Crippen LogP contribution < -0.4 is 5.73 Å². The molecule has 7 heteroatoms. The standard InChI is InChI=1S/C9H10N4O2S/c1-16(14,15)8-5-3-2-4-7(8)13-6-11-9(10)12-13/h2-6H,1H3,(H2,10,12). The lowest BCUT2D eigenvalue weighted by molar-refractivity contribution is 0.600. The van der Waals surface area contributed by atoms with E-state index in [-0.39, 0.29) is 10.8 Å². The van der Waals surface area contributed by atoms with Gasteiger partial charge in [0.25, 0.3) is 0 Å². The third kappa shape index (κ3) is 1.89. The monoisotopic (exact) mass is 238 g/mol. The van der Waals surface area contributed by atoms with Crippen LogP contribution in [0, 0.1) is 0 Å². The van der Waals surface area contributed by atoms with Crippen LogP contribution in [0.1, 0.15) is 0 Å². The number of aromatic nitrogens is 3. The lowest BCUT2D eigenvalue weighted by Gasteiger charge is -2.06. The molecule has 0 unspecified atom stereocenters. The van der Waals surface area contributed by atoms with E-state index in [4.69, 9.17) is 5.73 Å². The molecule has 6 nitrogen and oxygen atoms in total. The number of hydrogen-bond acceptors (Lipinski definition) is 5. The third-order valence-electron chi connectivity index (χ3n) is 2.02. The molecule has 0 aliphatic rings. The second kappa shape index (κ2) is 3.60. The highest BCUT2D eigenvalue weighted by atomic mass is 32.2. The molecule has 1 aromatic heterocycles. The highest BCUT2D eigenvalue weighted by Gasteiger charge is 2.14. The molecule has 2 rings (SSSR count). The minimum absolute atomic E-state index is 0.100. The van der Waals surface area contributed by atoms with Gasteiger partial charge in [-0.25, -0.2) is 18.1 Å². The number of benzene rings is 1. The Labute approximate surface area is 92.6 Å². The molecular formula is C9H10N4O2S. The van der Waals surface area contributed by atoms with E-state index in [1.807, 2.05) is 0 Å². The second-order valence-corrected chi connectivity index (χ2v) is 5.27. The zero-order valence-electron chi connectivity index (χ0n) is 8.53. The summed E-state index contributed by atoms with van der Waals surface area (Å²) in [6.07, 6.45) is 2.52. The van der Waals surface area contributed by atoms with Crippen molar-refractivity contribution in [1.82, 2.24) is 14.8 Å². The topological polar surface area (TPSA) is 90.9 Å². The Morgan fingerprint density at radius 2 is 2.00 bits per heavy atom. The van der Waals surface area contributed by atoms with Crippen molar-refractivity contribution < 1.29 is 8.42 Å². The molecule has 0 spiro atoms. The van der Waals surface area contributed by atoms with Gasteiger partial charge in [0.2, 0.25) is 5.95 Å². The van der Waals surface area contributed by atoms with Crippen LogP contribution in [0.5, 0.6) is 0 Å². The fourth-order valence-electron chi connectivity index (χ4n) is 1.35. The summed E-state index contributed by atoms with van der Waals surface area (Å²) in [5.41, 5.74) is 5.82. The summed E-state index contributed by atoms with van der Waals surface area (Å²) in [6, 6.07) is 6.54. The van der Waals surface area contributed by atoms with Crippen molar-refractivity contribution in [2.75, 3.05) is 12.0 Å². The van der Waals surface area contributed by atoms with E-state index in [1.165, 1.54) is 17.1 Å². The van der Waals surface area contributed by atoms with Crippen molar-refractivity contribution >= 4 is 15.8 Å². The van der Waals surface area contributed by atoms with Gasteiger partial charge in [0.05, 0.1) is 10.6 Å². The zero-order valence-corrected chi connectivity index (χ0v) is 9.35. The van der Waals surface area contributed by atoms with Gasteiger partial charge >= 0.3 is 0 Å². The number of rotatable bonds is 2. The first kappa shape index (κ1) is 10.6. The Hall–Kier alpha value is -1.89. The number of hydrogen-bond donors (Lipinski definition) is 1. The van der Waals surface area contributed by atoms with Crippen LogP contribution in [0.15, 0.2) is 35.5 Å². The van der Waals surface area contributed by atoms with Gasteiger partial charge in [0.1, 0.15) is 6.33 Å². The maximum atomic E-state index is 11.5. The fourth-order valence-corrected chi connectivity index (χ4v) is 2.22. The molecule has 0 aliphatic heterocycles. The molecule has 0 amide bonds. The van der Waals surface area contributed by atoms with Crippen LogP contribution >= 0.6 is 0 Å². The Morgan fingerprint density at radius 3 is 2.56 bits per heavy atom. The number of nitrogens with two attached hydrogens (primary N) is 1. The highest BCUT2D eigenvalue weighted by Crippen LogP contribution is 2.18. The molecule has 0 aliphatic carbocycles. The summed E-state index contributed by atoms with van der Waals surface area (Å²) >= 11 is 0. The summed E-state index contributed by atoms with van der Waals surface area (Å²) < 4.78 is 24.4. The van der Waals surface area contributed by atoms with Crippen LogP contribution in [-0.4, -0.2) is 29.4 Å². The Morgan fingerprint density at radius 1 is 1.31 bits per heavy atom. The Kier molecular flexibility index (Phi) is 2.39. The predicted molar refractivity (Wildman–Crippen MR) is 58.9 cm³/mol. The van der Waals surface area contributed by atoms with Gasteiger partial charge in [-0.15, -0.1) is 5.10 Å². The zero-order chi connectivity index (χ0) is 11.8. The SMILES string of the molecule is CS(=O)(=O)c1ccccc1-n1cnc(N)n1. The van der Waals surface area contributed by atoms with Crippen LogP contribution in [0.4, 0.5) is 5.95 Å². The molecule has 0 radical (unpaired) electrons. The molecule has 0 saturated heterocycles. The molecule has 16 heavy (non-hydrogen) atoms. The molecule has 0 fully saturated rings. The molecule has 84 valence electrons.